The second-order valence-electron chi connectivity index (χ2n) is 6.41. The Morgan fingerprint density at radius 3 is 2.48 bits per heavy atom. The van der Waals surface area contributed by atoms with Crippen molar-refractivity contribution < 1.29 is 22.5 Å². The van der Waals surface area contributed by atoms with E-state index in [9.17, 15) is 18.0 Å². The maximum Gasteiger partial charge on any atom is 0.249 e. The Labute approximate surface area is 147 Å². The van der Waals surface area contributed by atoms with Gasteiger partial charge in [0.15, 0.2) is 6.54 Å². The van der Waals surface area contributed by atoms with Gasteiger partial charge >= 0.3 is 0 Å². The highest BCUT2D eigenvalue weighted by molar-refractivity contribution is 6.42. The number of nitrogens with zero attached hydrogens (tertiary/aromatic N) is 1. The first-order valence-electron chi connectivity index (χ1n) is 8.87. The largest absolute Gasteiger partial charge is 0.287 e. The number of ketones is 1. The van der Waals surface area contributed by atoms with Crippen molar-refractivity contribution in [1.29, 1.82) is 0 Å². The molecule has 2 rings (SSSR count). The molecule has 0 bridgehead atoms. The maximum absolute atomic E-state index is 13.4. The molecular weight excluding hydrogens is 327 g/mol. The summed E-state index contributed by atoms with van der Waals surface area (Å²) < 4.78 is 41.8. The van der Waals surface area contributed by atoms with Crippen molar-refractivity contribution in [2.75, 3.05) is 6.54 Å². The average molecular weight is 352 g/mol. The number of rotatable bonds is 8. The molecule has 1 aromatic rings. The number of benzene rings is 1. The number of carbonyl (C=O) groups excluding carboxylic acids is 1. The molecule has 1 heterocycles. The fourth-order valence-electron chi connectivity index (χ4n) is 2.97. The molecule has 136 valence electrons. The van der Waals surface area contributed by atoms with Gasteiger partial charge in [0.1, 0.15) is 5.82 Å². The van der Waals surface area contributed by atoms with Crippen molar-refractivity contribution in [3.05, 3.63) is 41.7 Å². The van der Waals surface area contributed by atoms with Crippen LogP contribution >= 0.6 is 0 Å². The Morgan fingerprint density at radius 1 is 1.20 bits per heavy atom. The van der Waals surface area contributed by atoms with E-state index in [1.165, 1.54) is 19.1 Å². The third-order valence-corrected chi connectivity index (χ3v) is 4.59. The lowest BCUT2D eigenvalue weighted by atomic mass is 9.96. The minimum absolute atomic E-state index is 0.000382. The normalized spacial score (nSPS) is 15.3. The summed E-state index contributed by atoms with van der Waals surface area (Å²) in [7, 11) is 0. The molecule has 0 saturated carbocycles. The number of allylic oxidation sites excluding steroid dienone is 1. The number of carbonyl (C=O) groups is 1. The van der Waals surface area contributed by atoms with Crippen molar-refractivity contribution in [3.63, 3.8) is 0 Å². The van der Waals surface area contributed by atoms with Crippen molar-refractivity contribution in [3.8, 4) is 0 Å². The average Bonchev–Trinajstić information content (AvgIpc) is 2.61. The van der Waals surface area contributed by atoms with Gasteiger partial charge in [0, 0.05) is 43.9 Å². The summed E-state index contributed by atoms with van der Waals surface area (Å²) in [5, 5.41) is 0. The molecule has 1 aromatic carbocycles. The summed E-state index contributed by atoms with van der Waals surface area (Å²) in [6, 6.07) is 6.04. The summed E-state index contributed by atoms with van der Waals surface area (Å²) in [4.78, 5) is 12.3. The monoisotopic (exact) mass is 352 g/mol. The van der Waals surface area contributed by atoms with Crippen molar-refractivity contribution in [2.45, 2.75) is 58.3 Å². The van der Waals surface area contributed by atoms with Crippen LogP contribution in [0.25, 0.3) is 0 Å². The second-order valence-corrected chi connectivity index (χ2v) is 6.41. The van der Waals surface area contributed by atoms with E-state index in [-0.39, 0.29) is 24.4 Å². The zero-order valence-corrected chi connectivity index (χ0v) is 14.8. The van der Waals surface area contributed by atoms with E-state index in [0.717, 1.165) is 17.7 Å². The van der Waals surface area contributed by atoms with Gasteiger partial charge in [-0.05, 0) is 25.0 Å². The fraction of sp³-hybridized carbons (Fsp3) is 0.500. The Morgan fingerprint density at radius 2 is 1.88 bits per heavy atom. The maximum atomic E-state index is 13.4. The SMILES string of the molecule is CCC(=O)C1=[N+](c2ccc(F)cc2)CCC(CCCC(F)(F)CC)=C1. The highest BCUT2D eigenvalue weighted by Crippen LogP contribution is 2.28. The fourth-order valence-corrected chi connectivity index (χ4v) is 2.97. The molecule has 0 amide bonds. The van der Waals surface area contributed by atoms with Crippen molar-refractivity contribution in [1.82, 2.24) is 0 Å². The molecule has 1 aliphatic rings. The number of hydrogen-bond acceptors (Lipinski definition) is 1. The molecule has 0 fully saturated rings. The summed E-state index contributed by atoms with van der Waals surface area (Å²) in [5.41, 5.74) is 2.37. The molecule has 0 spiro atoms. The summed E-state index contributed by atoms with van der Waals surface area (Å²) in [6.45, 7) is 3.89. The van der Waals surface area contributed by atoms with Crippen LogP contribution in [0.5, 0.6) is 0 Å². The lowest BCUT2D eigenvalue weighted by Crippen LogP contribution is -2.28. The van der Waals surface area contributed by atoms with Crippen LogP contribution in [-0.4, -0.2) is 28.5 Å². The Hall–Kier alpha value is -1.91. The molecule has 0 aliphatic carbocycles. The quantitative estimate of drug-likeness (QED) is 0.571. The van der Waals surface area contributed by atoms with Gasteiger partial charge in [0.2, 0.25) is 23.1 Å². The van der Waals surface area contributed by atoms with Gasteiger partial charge in [-0.1, -0.05) is 19.4 Å². The molecule has 0 radical (unpaired) electrons. The molecule has 25 heavy (non-hydrogen) atoms. The van der Waals surface area contributed by atoms with E-state index in [1.807, 2.05) is 10.7 Å². The van der Waals surface area contributed by atoms with E-state index < -0.39 is 5.92 Å². The van der Waals surface area contributed by atoms with E-state index in [0.29, 0.717) is 31.5 Å². The van der Waals surface area contributed by atoms with E-state index >= 15 is 0 Å². The minimum Gasteiger partial charge on any atom is -0.287 e. The Bertz CT molecular complexity index is 675. The topological polar surface area (TPSA) is 20.1 Å². The molecule has 2 nitrogen and oxygen atoms in total. The van der Waals surface area contributed by atoms with Crippen LogP contribution in [0.3, 0.4) is 0 Å². The highest BCUT2D eigenvalue weighted by atomic mass is 19.3. The third kappa shape index (κ3) is 5.28. The van der Waals surface area contributed by atoms with E-state index in [4.69, 9.17) is 0 Å². The van der Waals surface area contributed by atoms with Crippen molar-refractivity contribution >= 4 is 17.2 Å². The van der Waals surface area contributed by atoms with Gasteiger partial charge in [-0.15, -0.1) is 0 Å². The first-order chi connectivity index (χ1) is 11.9. The number of hydrogen-bond donors (Lipinski definition) is 0. The molecule has 0 unspecified atom stereocenters. The zero-order valence-electron chi connectivity index (χ0n) is 14.8. The van der Waals surface area contributed by atoms with Gasteiger partial charge in [-0.3, -0.25) is 4.79 Å². The van der Waals surface area contributed by atoms with E-state index in [1.54, 1.807) is 19.1 Å². The van der Waals surface area contributed by atoms with Crippen LogP contribution in [0.4, 0.5) is 18.9 Å². The Balaban J connectivity index is 2.20. The molecule has 5 heteroatoms. The number of Topliss-reactive ketones (excluding diaryl/α,β-unsaturated/α-hetero) is 1. The molecule has 0 saturated heterocycles. The molecule has 0 aromatic heterocycles. The van der Waals surface area contributed by atoms with Crippen LogP contribution in [0, 0.1) is 5.82 Å². The zero-order chi connectivity index (χ0) is 18.4. The van der Waals surface area contributed by atoms with Gasteiger partial charge in [-0.25, -0.2) is 13.2 Å². The number of alkyl halides is 2. The minimum atomic E-state index is -2.61. The molecular formula is C20H25F3NO+. The van der Waals surface area contributed by atoms with Crippen LogP contribution in [0.2, 0.25) is 0 Å². The highest BCUT2D eigenvalue weighted by Gasteiger charge is 2.28. The van der Waals surface area contributed by atoms with Crippen LogP contribution in [0.15, 0.2) is 35.9 Å². The van der Waals surface area contributed by atoms with Gasteiger partial charge in [0.25, 0.3) is 0 Å². The van der Waals surface area contributed by atoms with Gasteiger partial charge in [-0.2, -0.15) is 4.58 Å². The summed E-state index contributed by atoms with van der Waals surface area (Å²) >= 11 is 0. The lowest BCUT2D eigenvalue weighted by Gasteiger charge is -2.17. The summed E-state index contributed by atoms with van der Waals surface area (Å²) in [5.74, 6) is -2.93. The second kappa shape index (κ2) is 8.45. The van der Waals surface area contributed by atoms with Crippen LogP contribution < -0.4 is 0 Å². The Kier molecular flexibility index (Phi) is 6.57. The summed E-state index contributed by atoms with van der Waals surface area (Å²) in [6.07, 6.45) is 3.64. The molecule has 0 atom stereocenters. The van der Waals surface area contributed by atoms with Crippen LogP contribution in [-0.2, 0) is 4.79 Å². The number of halogens is 3. The smallest absolute Gasteiger partial charge is 0.249 e. The molecule has 1 aliphatic heterocycles. The van der Waals surface area contributed by atoms with Gasteiger partial charge in [0.05, 0.1) is 0 Å². The molecule has 0 N–H and O–H groups in total. The predicted molar refractivity (Wildman–Crippen MR) is 93.3 cm³/mol. The van der Waals surface area contributed by atoms with Gasteiger partial charge < -0.3 is 0 Å². The third-order valence-electron chi connectivity index (χ3n) is 4.59. The van der Waals surface area contributed by atoms with Crippen molar-refractivity contribution in [2.24, 2.45) is 0 Å². The first-order valence-corrected chi connectivity index (χ1v) is 8.87. The van der Waals surface area contributed by atoms with Crippen LogP contribution in [0.1, 0.15) is 52.4 Å². The predicted octanol–water partition coefficient (Wildman–Crippen LogP) is 5.44. The lowest BCUT2D eigenvalue weighted by molar-refractivity contribution is -0.439. The first kappa shape index (κ1) is 19.4. The standard InChI is InChI=1S/C20H25F3NO/c1-3-19(25)18-14-15(6-5-12-20(22,23)4-2)11-13-24(18)17-9-7-16(21)8-10-17/h7-10,14H,3-6,11-13H2,1-2H3/q+1. The van der Waals surface area contributed by atoms with E-state index in [2.05, 4.69) is 0 Å².